The van der Waals surface area contributed by atoms with E-state index in [2.05, 4.69) is 41.6 Å². The molecule has 0 N–H and O–H groups in total. The maximum atomic E-state index is 6.09. The van der Waals surface area contributed by atoms with Crippen LogP contribution in [0.2, 0.25) is 0 Å². The van der Waals surface area contributed by atoms with Crippen molar-refractivity contribution in [3.8, 4) is 0 Å². The first-order chi connectivity index (χ1) is 9.47. The molecule has 1 saturated heterocycles. The zero-order chi connectivity index (χ0) is 14.2. The van der Waals surface area contributed by atoms with E-state index in [9.17, 15) is 0 Å². The van der Waals surface area contributed by atoms with Gasteiger partial charge in [0.15, 0.2) is 0 Å². The third-order valence-electron chi connectivity index (χ3n) is 4.57. The van der Waals surface area contributed by atoms with Crippen molar-refractivity contribution >= 4 is 0 Å². The number of hydrogen-bond donors (Lipinski definition) is 0. The van der Waals surface area contributed by atoms with Crippen molar-refractivity contribution in [2.24, 2.45) is 0 Å². The molecular formula is C16H27N3O. The van der Waals surface area contributed by atoms with Gasteiger partial charge in [-0.3, -0.25) is 9.58 Å². The minimum Gasteiger partial charge on any atom is -0.372 e. The van der Waals surface area contributed by atoms with Gasteiger partial charge in [-0.1, -0.05) is 12.8 Å². The number of rotatable bonds is 2. The van der Waals surface area contributed by atoms with Crippen LogP contribution in [0.25, 0.3) is 0 Å². The number of ether oxygens (including phenoxy) is 1. The standard InChI is InChI=1S/C16H27N3O/c1-15(2,3)19-12-14(10-17-19)11-18-8-9-20-16(13-18)6-4-5-7-16/h10,12H,4-9,11,13H2,1-3H3. The van der Waals surface area contributed by atoms with Crippen LogP contribution in [-0.2, 0) is 16.8 Å². The molecule has 2 aliphatic rings. The maximum Gasteiger partial charge on any atom is 0.0809 e. The van der Waals surface area contributed by atoms with Crippen LogP contribution in [0.5, 0.6) is 0 Å². The van der Waals surface area contributed by atoms with Gasteiger partial charge in [0.1, 0.15) is 0 Å². The normalized spacial score (nSPS) is 23.6. The first-order valence-corrected chi connectivity index (χ1v) is 7.87. The van der Waals surface area contributed by atoms with E-state index in [4.69, 9.17) is 4.74 Å². The molecule has 0 radical (unpaired) electrons. The van der Waals surface area contributed by atoms with Gasteiger partial charge in [-0.2, -0.15) is 5.10 Å². The van der Waals surface area contributed by atoms with Crippen LogP contribution in [0.4, 0.5) is 0 Å². The van der Waals surface area contributed by atoms with Gasteiger partial charge in [0.25, 0.3) is 0 Å². The number of aromatic nitrogens is 2. The summed E-state index contributed by atoms with van der Waals surface area (Å²) in [6.45, 7) is 10.6. The molecule has 3 rings (SSSR count). The Kier molecular flexibility index (Phi) is 3.63. The summed E-state index contributed by atoms with van der Waals surface area (Å²) >= 11 is 0. The number of hydrogen-bond acceptors (Lipinski definition) is 3. The summed E-state index contributed by atoms with van der Waals surface area (Å²) in [5.74, 6) is 0. The van der Waals surface area contributed by atoms with E-state index in [1.807, 2.05) is 6.20 Å². The quantitative estimate of drug-likeness (QED) is 0.832. The van der Waals surface area contributed by atoms with Gasteiger partial charge >= 0.3 is 0 Å². The molecule has 112 valence electrons. The highest BCUT2D eigenvalue weighted by molar-refractivity contribution is 5.06. The summed E-state index contributed by atoms with van der Waals surface area (Å²) in [6, 6.07) is 0. The Morgan fingerprint density at radius 1 is 1.30 bits per heavy atom. The van der Waals surface area contributed by atoms with Gasteiger partial charge < -0.3 is 4.74 Å². The molecule has 2 heterocycles. The van der Waals surface area contributed by atoms with E-state index in [-0.39, 0.29) is 11.1 Å². The lowest BCUT2D eigenvalue weighted by Crippen LogP contribution is -2.49. The minimum absolute atomic E-state index is 0.0654. The lowest BCUT2D eigenvalue weighted by Gasteiger charge is -2.40. The first-order valence-electron chi connectivity index (χ1n) is 7.87. The van der Waals surface area contributed by atoms with Crippen molar-refractivity contribution in [1.82, 2.24) is 14.7 Å². The molecule has 2 fully saturated rings. The molecule has 0 amide bonds. The van der Waals surface area contributed by atoms with Crippen molar-refractivity contribution in [1.29, 1.82) is 0 Å². The summed E-state index contributed by atoms with van der Waals surface area (Å²) in [5.41, 5.74) is 1.55. The van der Waals surface area contributed by atoms with Crippen molar-refractivity contribution in [3.05, 3.63) is 18.0 Å². The van der Waals surface area contributed by atoms with Gasteiger partial charge in [0.2, 0.25) is 0 Å². The van der Waals surface area contributed by atoms with Crippen LogP contribution in [0, 0.1) is 0 Å². The monoisotopic (exact) mass is 277 g/mol. The zero-order valence-corrected chi connectivity index (χ0v) is 13.1. The molecule has 4 heteroatoms. The Morgan fingerprint density at radius 2 is 2.05 bits per heavy atom. The van der Waals surface area contributed by atoms with Gasteiger partial charge in [0.05, 0.1) is 23.9 Å². The second-order valence-electron chi connectivity index (χ2n) is 7.41. The average Bonchev–Trinajstić information content (AvgIpc) is 2.99. The van der Waals surface area contributed by atoms with Gasteiger partial charge in [-0.25, -0.2) is 0 Å². The van der Waals surface area contributed by atoms with E-state index >= 15 is 0 Å². The SMILES string of the molecule is CC(C)(C)n1cc(CN2CCOC3(CCCC3)C2)cn1. The molecule has 1 aromatic heterocycles. The molecule has 1 aliphatic carbocycles. The second-order valence-corrected chi connectivity index (χ2v) is 7.41. The smallest absolute Gasteiger partial charge is 0.0809 e. The Morgan fingerprint density at radius 3 is 2.70 bits per heavy atom. The molecule has 0 aromatic carbocycles. The van der Waals surface area contributed by atoms with E-state index in [0.29, 0.717) is 0 Å². The van der Waals surface area contributed by atoms with Gasteiger partial charge in [-0.15, -0.1) is 0 Å². The summed E-state index contributed by atoms with van der Waals surface area (Å²) in [7, 11) is 0. The Labute approximate surface area is 122 Å². The largest absolute Gasteiger partial charge is 0.372 e. The fourth-order valence-electron chi connectivity index (χ4n) is 3.45. The minimum atomic E-state index is 0.0654. The van der Waals surface area contributed by atoms with Crippen LogP contribution in [0.15, 0.2) is 12.4 Å². The predicted molar refractivity (Wildman–Crippen MR) is 79.7 cm³/mol. The predicted octanol–water partition coefficient (Wildman–Crippen LogP) is 2.78. The van der Waals surface area contributed by atoms with Crippen molar-refractivity contribution in [2.45, 2.75) is 64.1 Å². The Hall–Kier alpha value is -0.870. The van der Waals surface area contributed by atoms with Crippen molar-refractivity contribution in [3.63, 3.8) is 0 Å². The number of nitrogens with zero attached hydrogens (tertiary/aromatic N) is 3. The molecule has 0 bridgehead atoms. The van der Waals surface area contributed by atoms with Crippen molar-refractivity contribution in [2.75, 3.05) is 19.7 Å². The van der Waals surface area contributed by atoms with Crippen LogP contribution >= 0.6 is 0 Å². The fourth-order valence-corrected chi connectivity index (χ4v) is 3.45. The van der Waals surface area contributed by atoms with Crippen LogP contribution in [-0.4, -0.2) is 40.0 Å². The summed E-state index contributed by atoms with van der Waals surface area (Å²) in [5, 5.41) is 4.50. The molecule has 0 unspecified atom stereocenters. The molecule has 1 aliphatic heterocycles. The third-order valence-corrected chi connectivity index (χ3v) is 4.57. The molecule has 4 nitrogen and oxygen atoms in total. The Balaban J connectivity index is 1.64. The van der Waals surface area contributed by atoms with E-state index < -0.39 is 0 Å². The second kappa shape index (κ2) is 5.15. The van der Waals surface area contributed by atoms with Gasteiger partial charge in [0, 0.05) is 31.4 Å². The van der Waals surface area contributed by atoms with Gasteiger partial charge in [-0.05, 0) is 33.6 Å². The van der Waals surface area contributed by atoms with E-state index in [1.54, 1.807) is 0 Å². The highest BCUT2D eigenvalue weighted by atomic mass is 16.5. The molecule has 1 saturated carbocycles. The van der Waals surface area contributed by atoms with Crippen LogP contribution in [0.1, 0.15) is 52.0 Å². The molecule has 1 spiro atoms. The average molecular weight is 277 g/mol. The molecular weight excluding hydrogens is 250 g/mol. The zero-order valence-electron chi connectivity index (χ0n) is 13.1. The number of morpholine rings is 1. The summed E-state index contributed by atoms with van der Waals surface area (Å²) in [4.78, 5) is 2.54. The molecule has 0 atom stereocenters. The fraction of sp³-hybridized carbons (Fsp3) is 0.812. The first kappa shape index (κ1) is 14.1. The highest BCUT2D eigenvalue weighted by Gasteiger charge is 2.39. The summed E-state index contributed by atoms with van der Waals surface area (Å²) < 4.78 is 8.15. The Bertz CT molecular complexity index is 455. The van der Waals surface area contributed by atoms with E-state index in [0.717, 1.165) is 26.2 Å². The molecule has 20 heavy (non-hydrogen) atoms. The topological polar surface area (TPSA) is 30.3 Å². The lowest BCUT2D eigenvalue weighted by atomic mass is 9.99. The van der Waals surface area contributed by atoms with E-state index in [1.165, 1.54) is 31.2 Å². The van der Waals surface area contributed by atoms with Crippen LogP contribution in [0.3, 0.4) is 0 Å². The van der Waals surface area contributed by atoms with Crippen molar-refractivity contribution < 1.29 is 4.74 Å². The third kappa shape index (κ3) is 2.91. The summed E-state index contributed by atoms with van der Waals surface area (Å²) in [6.07, 6.45) is 9.35. The van der Waals surface area contributed by atoms with Crippen LogP contribution < -0.4 is 0 Å². The molecule has 1 aromatic rings. The lowest BCUT2D eigenvalue weighted by molar-refractivity contribution is -0.107. The highest BCUT2D eigenvalue weighted by Crippen LogP contribution is 2.36. The maximum absolute atomic E-state index is 6.09.